The van der Waals surface area contributed by atoms with E-state index in [0.29, 0.717) is 12.6 Å². The molecule has 3 N–H and O–H groups in total. The van der Waals surface area contributed by atoms with Gasteiger partial charge in [0.05, 0.1) is 0 Å². The lowest BCUT2D eigenvalue weighted by Crippen LogP contribution is -2.24. The molecule has 0 unspecified atom stereocenters. The Kier molecular flexibility index (Phi) is 13.8. The van der Waals surface area contributed by atoms with Crippen LogP contribution in [0.3, 0.4) is 0 Å². The molecule has 0 fully saturated rings. The largest absolute Gasteiger partial charge is 0.381 e. The van der Waals surface area contributed by atoms with Gasteiger partial charge in [-0.1, -0.05) is 13.8 Å². The third-order valence-electron chi connectivity index (χ3n) is 2.34. The highest BCUT2D eigenvalue weighted by molar-refractivity contribution is 4.51. The van der Waals surface area contributed by atoms with Gasteiger partial charge >= 0.3 is 0 Å². The third-order valence-corrected chi connectivity index (χ3v) is 2.34. The van der Waals surface area contributed by atoms with Crippen LogP contribution in [0.4, 0.5) is 0 Å². The first-order chi connectivity index (χ1) is 8.27. The van der Waals surface area contributed by atoms with Crippen molar-refractivity contribution in [3.63, 3.8) is 0 Å². The molecule has 17 heavy (non-hydrogen) atoms. The van der Waals surface area contributed by atoms with Crippen molar-refractivity contribution in [3.05, 3.63) is 0 Å². The molecule has 0 atom stereocenters. The second-order valence-corrected chi connectivity index (χ2v) is 4.54. The van der Waals surface area contributed by atoms with Crippen molar-refractivity contribution in [2.75, 3.05) is 39.5 Å². The van der Waals surface area contributed by atoms with Crippen molar-refractivity contribution in [3.8, 4) is 0 Å². The zero-order chi connectivity index (χ0) is 12.8. The van der Waals surface area contributed by atoms with Gasteiger partial charge in [0, 0.05) is 33.9 Å². The fourth-order valence-electron chi connectivity index (χ4n) is 1.36. The highest BCUT2D eigenvalue weighted by Gasteiger charge is 1.93. The summed E-state index contributed by atoms with van der Waals surface area (Å²) in [6, 6.07) is 0.570. The molecule has 0 aromatic rings. The molecule has 0 aliphatic heterocycles. The maximum absolute atomic E-state index is 5.53. The highest BCUT2D eigenvalue weighted by atomic mass is 16.5. The summed E-state index contributed by atoms with van der Waals surface area (Å²) in [5.41, 5.74) is 5.36. The second-order valence-electron chi connectivity index (χ2n) is 4.54. The molecule has 0 saturated carbocycles. The van der Waals surface area contributed by atoms with E-state index in [4.69, 9.17) is 15.2 Å². The molecule has 0 heterocycles. The van der Waals surface area contributed by atoms with Gasteiger partial charge in [-0.15, -0.1) is 0 Å². The number of hydrogen-bond donors (Lipinski definition) is 2. The Morgan fingerprint density at radius 3 is 2.00 bits per heavy atom. The minimum absolute atomic E-state index is 0. The lowest BCUT2D eigenvalue weighted by Gasteiger charge is -2.08. The maximum atomic E-state index is 5.53. The average Bonchev–Trinajstić information content (AvgIpc) is 2.30. The molecule has 0 spiro atoms. The first-order valence-corrected chi connectivity index (χ1v) is 6.86. The quantitative estimate of drug-likeness (QED) is 0.488. The first-order valence-electron chi connectivity index (χ1n) is 6.86. The van der Waals surface area contributed by atoms with Crippen molar-refractivity contribution in [1.82, 2.24) is 5.32 Å². The van der Waals surface area contributed by atoms with Gasteiger partial charge in [0.2, 0.25) is 0 Å². The van der Waals surface area contributed by atoms with Crippen molar-refractivity contribution in [2.45, 2.75) is 45.6 Å². The Balaban J connectivity index is 0. The topological polar surface area (TPSA) is 56.5 Å². The van der Waals surface area contributed by atoms with Gasteiger partial charge in [-0.2, -0.15) is 0 Å². The van der Waals surface area contributed by atoms with Crippen molar-refractivity contribution < 1.29 is 10.9 Å². The molecule has 0 radical (unpaired) electrons. The van der Waals surface area contributed by atoms with Crippen LogP contribution in [0.5, 0.6) is 0 Å². The lowest BCUT2D eigenvalue weighted by atomic mass is 10.3. The number of unbranched alkanes of at least 4 members (excludes halogenated alkanes) is 1. The number of nitrogens with two attached hydrogens (primary N) is 1. The van der Waals surface area contributed by atoms with E-state index in [-0.39, 0.29) is 1.43 Å². The molecule has 0 aliphatic carbocycles. The first kappa shape index (κ1) is 16.8. The minimum atomic E-state index is 0. The summed E-state index contributed by atoms with van der Waals surface area (Å²) in [5, 5.41) is 3.37. The van der Waals surface area contributed by atoms with Gasteiger partial charge in [-0.25, -0.2) is 0 Å². The Hall–Kier alpha value is -0.160. The smallest absolute Gasteiger partial charge is 0.0478 e. The lowest BCUT2D eigenvalue weighted by molar-refractivity contribution is 0.101. The van der Waals surface area contributed by atoms with Crippen LogP contribution in [0, 0.1) is 0 Å². The van der Waals surface area contributed by atoms with Gasteiger partial charge in [-0.3, -0.25) is 0 Å². The summed E-state index contributed by atoms with van der Waals surface area (Å²) in [7, 11) is 0. The van der Waals surface area contributed by atoms with Gasteiger partial charge < -0.3 is 20.5 Å². The molecule has 0 saturated heterocycles. The number of ether oxygens (including phenoxy) is 2. The normalized spacial score (nSPS) is 11.3. The van der Waals surface area contributed by atoms with Crippen LogP contribution in [-0.2, 0) is 9.47 Å². The summed E-state index contributed by atoms with van der Waals surface area (Å²) in [4.78, 5) is 0. The maximum Gasteiger partial charge on any atom is 0.0478 e. The Bertz CT molecular complexity index is 149. The highest BCUT2D eigenvalue weighted by Crippen LogP contribution is 1.93. The van der Waals surface area contributed by atoms with Gasteiger partial charge in [0.1, 0.15) is 0 Å². The molecule has 106 valence electrons. The summed E-state index contributed by atoms with van der Waals surface area (Å²) in [6.07, 6.45) is 4.21. The Labute approximate surface area is 108 Å². The van der Waals surface area contributed by atoms with E-state index >= 15 is 0 Å². The standard InChI is InChI=1S/C13H30N2O2.H2/c1-13(2)15-8-6-12-17-10-4-3-9-16-11-5-7-14;/h13,15H,3-12,14H2,1-2H3;1H. The van der Waals surface area contributed by atoms with E-state index in [2.05, 4.69) is 19.2 Å². The molecule has 0 rings (SSSR count). The fraction of sp³-hybridized carbons (Fsp3) is 1.00. The Morgan fingerprint density at radius 2 is 1.47 bits per heavy atom. The summed E-state index contributed by atoms with van der Waals surface area (Å²) >= 11 is 0. The summed E-state index contributed by atoms with van der Waals surface area (Å²) in [6.45, 7) is 9.40. The zero-order valence-corrected chi connectivity index (χ0v) is 11.5. The Morgan fingerprint density at radius 1 is 0.941 bits per heavy atom. The van der Waals surface area contributed by atoms with E-state index in [1.807, 2.05) is 0 Å². The molecule has 4 nitrogen and oxygen atoms in total. The summed E-state index contributed by atoms with van der Waals surface area (Å²) < 4.78 is 10.9. The molecule has 0 bridgehead atoms. The van der Waals surface area contributed by atoms with Gasteiger partial charge in [-0.05, 0) is 38.8 Å². The van der Waals surface area contributed by atoms with E-state index in [9.17, 15) is 0 Å². The van der Waals surface area contributed by atoms with E-state index < -0.39 is 0 Å². The van der Waals surface area contributed by atoms with Crippen molar-refractivity contribution in [1.29, 1.82) is 0 Å². The van der Waals surface area contributed by atoms with Crippen LogP contribution in [0.2, 0.25) is 0 Å². The molecule has 0 aliphatic rings. The van der Waals surface area contributed by atoms with Gasteiger partial charge in [0.15, 0.2) is 0 Å². The molecular weight excluding hydrogens is 216 g/mol. The number of nitrogens with one attached hydrogen (secondary N) is 1. The van der Waals surface area contributed by atoms with E-state index in [1.165, 1.54) is 0 Å². The molecule has 4 heteroatoms. The van der Waals surface area contributed by atoms with Crippen LogP contribution >= 0.6 is 0 Å². The molecule has 0 amide bonds. The monoisotopic (exact) mass is 248 g/mol. The van der Waals surface area contributed by atoms with Crippen LogP contribution in [-0.4, -0.2) is 45.6 Å². The average molecular weight is 248 g/mol. The van der Waals surface area contributed by atoms with Crippen LogP contribution in [0.15, 0.2) is 0 Å². The predicted octanol–water partition coefficient (Wildman–Crippen LogP) is 1.78. The van der Waals surface area contributed by atoms with E-state index in [0.717, 1.165) is 58.7 Å². The van der Waals surface area contributed by atoms with Crippen LogP contribution in [0.25, 0.3) is 0 Å². The van der Waals surface area contributed by atoms with Gasteiger partial charge in [0.25, 0.3) is 0 Å². The van der Waals surface area contributed by atoms with Crippen LogP contribution < -0.4 is 11.1 Å². The molecule has 0 aromatic carbocycles. The predicted molar refractivity (Wildman–Crippen MR) is 74.4 cm³/mol. The molecule has 0 aromatic heterocycles. The SMILES string of the molecule is CC(C)NCCCOCCCCOCCCN.[HH]. The zero-order valence-electron chi connectivity index (χ0n) is 11.5. The second kappa shape index (κ2) is 13.9. The fourth-order valence-corrected chi connectivity index (χ4v) is 1.36. The molecular formula is C13H32N2O2. The number of rotatable bonds is 13. The number of hydrogen-bond acceptors (Lipinski definition) is 4. The third kappa shape index (κ3) is 15.8. The summed E-state index contributed by atoms with van der Waals surface area (Å²) in [5.74, 6) is 0. The van der Waals surface area contributed by atoms with Crippen molar-refractivity contribution in [2.24, 2.45) is 5.73 Å². The minimum Gasteiger partial charge on any atom is -0.381 e. The van der Waals surface area contributed by atoms with E-state index in [1.54, 1.807) is 0 Å². The van der Waals surface area contributed by atoms with Crippen LogP contribution in [0.1, 0.15) is 41.0 Å². The van der Waals surface area contributed by atoms with Crippen molar-refractivity contribution >= 4 is 0 Å².